The Hall–Kier alpha value is -0.770. The molecule has 1 aromatic carbocycles. The molecule has 0 aliphatic carbocycles. The van der Waals surface area contributed by atoms with Crippen molar-refractivity contribution >= 4 is 29.1 Å². The largest absolute Gasteiger partial charge is 0.352 e. The van der Waals surface area contributed by atoms with Crippen molar-refractivity contribution in [2.45, 2.75) is 25.8 Å². The number of hydrogen-bond donors (Lipinski definition) is 2. The normalized spacial score (nSPS) is 23.1. The predicted molar refractivity (Wildman–Crippen MR) is 78.7 cm³/mol. The molecule has 2 N–H and O–H groups in total. The van der Waals surface area contributed by atoms with Gasteiger partial charge in [0.05, 0.1) is 6.42 Å². The van der Waals surface area contributed by atoms with Crippen molar-refractivity contribution in [3.63, 3.8) is 0 Å². The van der Waals surface area contributed by atoms with Gasteiger partial charge in [-0.05, 0) is 36.6 Å². The monoisotopic (exact) mass is 300 g/mol. The van der Waals surface area contributed by atoms with Crippen molar-refractivity contribution in [3.8, 4) is 0 Å². The minimum Gasteiger partial charge on any atom is -0.352 e. The Morgan fingerprint density at radius 2 is 2.26 bits per heavy atom. The van der Waals surface area contributed by atoms with Gasteiger partial charge in [0.2, 0.25) is 5.91 Å². The summed E-state index contributed by atoms with van der Waals surface area (Å²) in [6.07, 6.45) is 1.38. The number of halogens is 2. The van der Waals surface area contributed by atoms with Crippen LogP contribution in [0.2, 0.25) is 10.0 Å². The first kappa shape index (κ1) is 14.6. The molecule has 1 heterocycles. The molecule has 2 unspecified atom stereocenters. The molecule has 19 heavy (non-hydrogen) atoms. The van der Waals surface area contributed by atoms with Crippen LogP contribution in [0.3, 0.4) is 0 Å². The predicted octanol–water partition coefficient (Wildman–Crippen LogP) is 2.65. The number of amides is 1. The maximum atomic E-state index is 12.0. The van der Waals surface area contributed by atoms with E-state index in [0.717, 1.165) is 25.1 Å². The van der Waals surface area contributed by atoms with Crippen LogP contribution in [-0.2, 0) is 11.2 Å². The highest BCUT2D eigenvalue weighted by atomic mass is 35.5. The first-order valence-corrected chi connectivity index (χ1v) is 7.26. The molecule has 1 aliphatic heterocycles. The lowest BCUT2D eigenvalue weighted by atomic mass is 9.94. The summed E-state index contributed by atoms with van der Waals surface area (Å²) < 4.78 is 0. The molecule has 1 aliphatic rings. The zero-order valence-electron chi connectivity index (χ0n) is 10.9. The highest BCUT2D eigenvalue weighted by molar-refractivity contribution is 6.35. The second-order valence-corrected chi connectivity index (χ2v) is 5.90. The van der Waals surface area contributed by atoms with E-state index in [4.69, 9.17) is 23.2 Å². The summed E-state index contributed by atoms with van der Waals surface area (Å²) in [5, 5.41) is 7.48. The maximum Gasteiger partial charge on any atom is 0.224 e. The van der Waals surface area contributed by atoms with E-state index in [2.05, 4.69) is 17.6 Å². The second-order valence-electron chi connectivity index (χ2n) is 5.06. The van der Waals surface area contributed by atoms with Crippen LogP contribution in [0.4, 0.5) is 0 Å². The van der Waals surface area contributed by atoms with E-state index in [1.165, 1.54) is 0 Å². The van der Waals surface area contributed by atoms with Gasteiger partial charge in [0.1, 0.15) is 0 Å². The molecular weight excluding hydrogens is 283 g/mol. The fraction of sp³-hybridized carbons (Fsp3) is 0.500. The summed E-state index contributed by atoms with van der Waals surface area (Å²) in [5.41, 5.74) is 0.806. The smallest absolute Gasteiger partial charge is 0.224 e. The third kappa shape index (κ3) is 4.10. The molecule has 2 atom stereocenters. The number of piperidine rings is 1. The van der Waals surface area contributed by atoms with Crippen LogP contribution >= 0.6 is 23.2 Å². The van der Waals surface area contributed by atoms with Crippen LogP contribution in [0.5, 0.6) is 0 Å². The Morgan fingerprint density at radius 1 is 1.47 bits per heavy atom. The zero-order valence-corrected chi connectivity index (χ0v) is 12.4. The first-order valence-electron chi connectivity index (χ1n) is 6.50. The van der Waals surface area contributed by atoms with Gasteiger partial charge in [-0.3, -0.25) is 4.79 Å². The molecule has 1 fully saturated rings. The maximum absolute atomic E-state index is 12.0. The summed E-state index contributed by atoms with van der Waals surface area (Å²) in [6, 6.07) is 5.41. The summed E-state index contributed by atoms with van der Waals surface area (Å²) in [4.78, 5) is 12.0. The van der Waals surface area contributed by atoms with Crippen molar-refractivity contribution < 1.29 is 4.79 Å². The average molecular weight is 301 g/mol. The van der Waals surface area contributed by atoms with E-state index in [9.17, 15) is 4.79 Å². The Morgan fingerprint density at radius 3 is 2.95 bits per heavy atom. The molecule has 104 valence electrons. The van der Waals surface area contributed by atoms with Crippen molar-refractivity contribution in [2.75, 3.05) is 13.1 Å². The van der Waals surface area contributed by atoms with Crippen LogP contribution in [0.25, 0.3) is 0 Å². The van der Waals surface area contributed by atoms with Gasteiger partial charge in [-0.1, -0.05) is 36.2 Å². The summed E-state index contributed by atoms with van der Waals surface area (Å²) in [7, 11) is 0. The van der Waals surface area contributed by atoms with E-state index < -0.39 is 0 Å². The molecule has 2 rings (SSSR count). The Labute approximate surface area is 123 Å². The number of hydrogen-bond acceptors (Lipinski definition) is 2. The van der Waals surface area contributed by atoms with Gasteiger partial charge < -0.3 is 10.6 Å². The van der Waals surface area contributed by atoms with Gasteiger partial charge in [-0.15, -0.1) is 0 Å². The molecule has 5 heteroatoms. The van der Waals surface area contributed by atoms with Crippen molar-refractivity contribution in [2.24, 2.45) is 5.92 Å². The molecule has 0 bridgehead atoms. The fourth-order valence-corrected chi connectivity index (χ4v) is 2.75. The SMILES string of the molecule is CC1CCNCC1NC(=O)Cc1ccc(Cl)cc1Cl. The van der Waals surface area contributed by atoms with E-state index >= 15 is 0 Å². The standard InChI is InChI=1S/C14H18Cl2N2O/c1-9-4-5-17-8-13(9)18-14(19)6-10-2-3-11(15)7-12(10)16/h2-3,7,9,13,17H,4-6,8H2,1H3,(H,18,19). The Balaban J connectivity index is 1.93. The quantitative estimate of drug-likeness (QED) is 0.901. The third-order valence-corrected chi connectivity index (χ3v) is 4.13. The molecule has 0 radical (unpaired) electrons. The Bertz CT molecular complexity index is 465. The van der Waals surface area contributed by atoms with Crippen LogP contribution in [-0.4, -0.2) is 25.0 Å². The molecule has 0 saturated carbocycles. The summed E-state index contributed by atoms with van der Waals surface area (Å²) >= 11 is 11.9. The second kappa shape index (κ2) is 6.60. The number of carbonyl (C=O) groups is 1. The lowest BCUT2D eigenvalue weighted by molar-refractivity contribution is -0.121. The molecule has 1 saturated heterocycles. The minimum absolute atomic E-state index is 0.00442. The third-order valence-electron chi connectivity index (χ3n) is 3.54. The summed E-state index contributed by atoms with van der Waals surface area (Å²) in [5.74, 6) is 0.510. The van der Waals surface area contributed by atoms with Gasteiger partial charge in [0, 0.05) is 22.6 Å². The molecule has 0 aromatic heterocycles. The number of rotatable bonds is 3. The zero-order chi connectivity index (χ0) is 13.8. The average Bonchev–Trinajstić information content (AvgIpc) is 2.36. The van der Waals surface area contributed by atoms with E-state index in [1.807, 2.05) is 0 Å². The molecule has 1 aromatic rings. The van der Waals surface area contributed by atoms with E-state index in [-0.39, 0.29) is 11.9 Å². The Kier molecular flexibility index (Phi) is 5.08. The van der Waals surface area contributed by atoms with Crippen LogP contribution in [0.15, 0.2) is 18.2 Å². The van der Waals surface area contributed by atoms with Gasteiger partial charge in [-0.2, -0.15) is 0 Å². The molecule has 3 nitrogen and oxygen atoms in total. The van der Waals surface area contributed by atoms with E-state index in [1.54, 1.807) is 18.2 Å². The molecular formula is C14H18Cl2N2O. The highest BCUT2D eigenvalue weighted by Crippen LogP contribution is 2.21. The summed E-state index contributed by atoms with van der Waals surface area (Å²) in [6.45, 7) is 4.03. The molecule has 0 spiro atoms. The van der Waals surface area contributed by atoms with Gasteiger partial charge >= 0.3 is 0 Å². The van der Waals surface area contributed by atoms with Crippen molar-refractivity contribution in [1.82, 2.24) is 10.6 Å². The first-order chi connectivity index (χ1) is 9.06. The van der Waals surface area contributed by atoms with Gasteiger partial charge in [0.25, 0.3) is 0 Å². The van der Waals surface area contributed by atoms with E-state index in [0.29, 0.717) is 22.4 Å². The van der Waals surface area contributed by atoms with Crippen LogP contribution in [0.1, 0.15) is 18.9 Å². The number of nitrogens with one attached hydrogen (secondary N) is 2. The number of benzene rings is 1. The number of carbonyl (C=O) groups excluding carboxylic acids is 1. The van der Waals surface area contributed by atoms with Gasteiger partial charge in [-0.25, -0.2) is 0 Å². The lowest BCUT2D eigenvalue weighted by Gasteiger charge is -2.30. The fourth-order valence-electron chi connectivity index (χ4n) is 2.28. The lowest BCUT2D eigenvalue weighted by Crippen LogP contribution is -2.50. The van der Waals surface area contributed by atoms with Crippen LogP contribution in [0, 0.1) is 5.92 Å². The van der Waals surface area contributed by atoms with Crippen LogP contribution < -0.4 is 10.6 Å². The topological polar surface area (TPSA) is 41.1 Å². The van der Waals surface area contributed by atoms with Crippen molar-refractivity contribution in [1.29, 1.82) is 0 Å². The van der Waals surface area contributed by atoms with Crippen molar-refractivity contribution in [3.05, 3.63) is 33.8 Å². The molecule has 1 amide bonds. The highest BCUT2D eigenvalue weighted by Gasteiger charge is 2.22. The minimum atomic E-state index is 0.00442. The van der Waals surface area contributed by atoms with Gasteiger partial charge in [0.15, 0.2) is 0 Å².